The van der Waals surface area contributed by atoms with Gasteiger partial charge in [-0.2, -0.15) is 4.98 Å². The van der Waals surface area contributed by atoms with Crippen molar-refractivity contribution in [3.05, 3.63) is 18.2 Å². The summed E-state index contributed by atoms with van der Waals surface area (Å²) in [7, 11) is 0. The van der Waals surface area contributed by atoms with Gasteiger partial charge in [-0.15, -0.1) is 0 Å². The zero-order chi connectivity index (χ0) is 11.9. The van der Waals surface area contributed by atoms with E-state index >= 15 is 0 Å². The molecule has 90 valence electrons. The molecule has 1 saturated carbocycles. The highest BCUT2D eigenvalue weighted by molar-refractivity contribution is 5.78. The van der Waals surface area contributed by atoms with Gasteiger partial charge in [0.1, 0.15) is 5.52 Å². The minimum absolute atomic E-state index is 0.0414. The maximum absolute atomic E-state index is 9.20. The lowest BCUT2D eigenvalue weighted by Gasteiger charge is -2.10. The number of benzene rings is 1. The SMILES string of the molecule is Nc1ccc2nc(NCC3(CO)CC3)oc2c1. The molecule has 17 heavy (non-hydrogen) atoms. The molecule has 0 spiro atoms. The summed E-state index contributed by atoms with van der Waals surface area (Å²) in [5, 5.41) is 12.3. The minimum Gasteiger partial charge on any atom is -0.423 e. The number of fused-ring (bicyclic) bond motifs is 1. The average Bonchev–Trinajstić information content (AvgIpc) is 3.00. The first-order valence-electron chi connectivity index (χ1n) is 5.72. The van der Waals surface area contributed by atoms with Gasteiger partial charge in [-0.1, -0.05) is 0 Å². The fourth-order valence-corrected chi connectivity index (χ4v) is 1.85. The smallest absolute Gasteiger partial charge is 0.295 e. The number of nitrogens with zero attached hydrogens (tertiary/aromatic N) is 1. The molecule has 5 heteroatoms. The van der Waals surface area contributed by atoms with Crippen LogP contribution >= 0.6 is 0 Å². The highest BCUT2D eigenvalue weighted by atomic mass is 16.4. The van der Waals surface area contributed by atoms with E-state index in [0.29, 0.717) is 23.8 Å². The molecule has 1 aromatic heterocycles. The summed E-state index contributed by atoms with van der Waals surface area (Å²) in [6.07, 6.45) is 2.12. The van der Waals surface area contributed by atoms with Gasteiger partial charge in [-0.3, -0.25) is 0 Å². The monoisotopic (exact) mass is 233 g/mol. The van der Waals surface area contributed by atoms with Crippen molar-refractivity contribution in [3.8, 4) is 0 Å². The van der Waals surface area contributed by atoms with Gasteiger partial charge in [0.05, 0.1) is 6.61 Å². The molecule has 0 atom stereocenters. The summed E-state index contributed by atoms with van der Waals surface area (Å²) in [6.45, 7) is 0.916. The molecule has 1 heterocycles. The summed E-state index contributed by atoms with van der Waals surface area (Å²) in [5.41, 5.74) is 7.84. The molecule has 2 aromatic rings. The second kappa shape index (κ2) is 3.63. The minimum atomic E-state index is 0.0414. The van der Waals surface area contributed by atoms with Crippen LogP contribution in [0.5, 0.6) is 0 Å². The number of nitrogen functional groups attached to an aromatic ring is 1. The molecular formula is C12H15N3O2. The predicted molar refractivity (Wildman–Crippen MR) is 65.7 cm³/mol. The van der Waals surface area contributed by atoms with E-state index in [4.69, 9.17) is 10.2 Å². The third-order valence-electron chi connectivity index (χ3n) is 3.32. The Kier molecular flexibility index (Phi) is 2.22. The van der Waals surface area contributed by atoms with Gasteiger partial charge in [-0.25, -0.2) is 0 Å². The highest BCUT2D eigenvalue weighted by Crippen LogP contribution is 2.44. The van der Waals surface area contributed by atoms with Crippen LogP contribution in [-0.4, -0.2) is 23.2 Å². The molecule has 1 aliphatic carbocycles. The number of hydrogen-bond acceptors (Lipinski definition) is 5. The summed E-state index contributed by atoms with van der Waals surface area (Å²) in [5.74, 6) is 0. The Labute approximate surface area is 98.6 Å². The zero-order valence-electron chi connectivity index (χ0n) is 9.44. The number of anilines is 2. The van der Waals surface area contributed by atoms with Crippen molar-refractivity contribution in [1.29, 1.82) is 0 Å². The van der Waals surface area contributed by atoms with Gasteiger partial charge < -0.3 is 20.6 Å². The maximum Gasteiger partial charge on any atom is 0.295 e. The van der Waals surface area contributed by atoms with Crippen LogP contribution in [0.4, 0.5) is 11.7 Å². The molecule has 0 saturated heterocycles. The van der Waals surface area contributed by atoms with Crippen LogP contribution in [-0.2, 0) is 0 Å². The predicted octanol–water partition coefficient (Wildman–Crippen LogP) is 1.59. The largest absolute Gasteiger partial charge is 0.423 e. The van der Waals surface area contributed by atoms with E-state index in [1.807, 2.05) is 6.07 Å². The van der Waals surface area contributed by atoms with Crippen molar-refractivity contribution in [3.63, 3.8) is 0 Å². The van der Waals surface area contributed by atoms with Crippen molar-refractivity contribution in [2.24, 2.45) is 5.41 Å². The third-order valence-corrected chi connectivity index (χ3v) is 3.32. The Hall–Kier alpha value is -1.75. The Balaban J connectivity index is 1.77. The number of aromatic nitrogens is 1. The maximum atomic E-state index is 9.20. The molecule has 3 rings (SSSR count). The first-order valence-corrected chi connectivity index (χ1v) is 5.72. The van der Waals surface area contributed by atoms with Crippen LogP contribution in [0.3, 0.4) is 0 Å². The second-order valence-electron chi connectivity index (χ2n) is 4.76. The molecule has 0 aliphatic heterocycles. The van der Waals surface area contributed by atoms with Gasteiger partial charge in [0, 0.05) is 23.7 Å². The fourth-order valence-electron chi connectivity index (χ4n) is 1.85. The normalized spacial score (nSPS) is 17.2. The molecule has 0 radical (unpaired) electrons. The lowest BCUT2D eigenvalue weighted by atomic mass is 10.1. The molecular weight excluding hydrogens is 218 g/mol. The molecule has 0 bridgehead atoms. The lowest BCUT2D eigenvalue weighted by Crippen LogP contribution is -2.19. The van der Waals surface area contributed by atoms with Crippen LogP contribution in [0.25, 0.3) is 11.1 Å². The van der Waals surface area contributed by atoms with Crippen LogP contribution in [0.1, 0.15) is 12.8 Å². The van der Waals surface area contributed by atoms with E-state index in [2.05, 4.69) is 10.3 Å². The van der Waals surface area contributed by atoms with Crippen LogP contribution < -0.4 is 11.1 Å². The van der Waals surface area contributed by atoms with Crippen LogP contribution in [0.15, 0.2) is 22.6 Å². The lowest BCUT2D eigenvalue weighted by molar-refractivity contribution is 0.219. The number of oxazole rings is 1. The fraction of sp³-hybridized carbons (Fsp3) is 0.417. The van der Waals surface area contributed by atoms with Crippen LogP contribution in [0.2, 0.25) is 0 Å². The first kappa shape index (κ1) is 10.4. The standard InChI is InChI=1S/C12H15N3O2/c13-8-1-2-9-10(5-8)17-11(15-9)14-6-12(7-16)3-4-12/h1-2,5,16H,3-4,6-7,13H2,(H,14,15). The third kappa shape index (κ3) is 1.93. The van der Waals surface area contributed by atoms with E-state index < -0.39 is 0 Å². The summed E-state index contributed by atoms with van der Waals surface area (Å²) < 4.78 is 5.53. The molecule has 1 fully saturated rings. The molecule has 1 aromatic carbocycles. The van der Waals surface area contributed by atoms with Crippen LogP contribution in [0, 0.1) is 5.41 Å². The van der Waals surface area contributed by atoms with E-state index in [-0.39, 0.29) is 12.0 Å². The molecule has 4 N–H and O–H groups in total. The summed E-state index contributed by atoms with van der Waals surface area (Å²) >= 11 is 0. The second-order valence-corrected chi connectivity index (χ2v) is 4.76. The number of aliphatic hydroxyl groups excluding tert-OH is 1. The molecule has 0 unspecified atom stereocenters. The van der Waals surface area contributed by atoms with Gasteiger partial charge in [-0.05, 0) is 25.0 Å². The van der Waals surface area contributed by atoms with Crippen molar-refractivity contribution in [2.75, 3.05) is 24.2 Å². The quantitative estimate of drug-likeness (QED) is 0.698. The van der Waals surface area contributed by atoms with Crippen molar-refractivity contribution in [1.82, 2.24) is 4.98 Å². The number of aliphatic hydroxyl groups is 1. The topological polar surface area (TPSA) is 84.3 Å². The van der Waals surface area contributed by atoms with Gasteiger partial charge in [0.25, 0.3) is 6.01 Å². The van der Waals surface area contributed by atoms with E-state index in [1.54, 1.807) is 12.1 Å². The summed E-state index contributed by atoms with van der Waals surface area (Å²) in [6, 6.07) is 5.88. The average molecular weight is 233 g/mol. The Morgan fingerprint density at radius 1 is 1.47 bits per heavy atom. The van der Waals surface area contributed by atoms with Crippen molar-refractivity contribution >= 4 is 22.8 Å². The molecule has 1 aliphatic rings. The van der Waals surface area contributed by atoms with Crippen molar-refractivity contribution < 1.29 is 9.52 Å². The number of nitrogens with two attached hydrogens (primary N) is 1. The van der Waals surface area contributed by atoms with Gasteiger partial charge in [0.2, 0.25) is 0 Å². The Bertz CT molecular complexity index is 546. The number of rotatable bonds is 4. The van der Waals surface area contributed by atoms with E-state index in [9.17, 15) is 5.11 Å². The molecule has 0 amide bonds. The van der Waals surface area contributed by atoms with Crippen molar-refractivity contribution in [2.45, 2.75) is 12.8 Å². The van der Waals surface area contributed by atoms with Gasteiger partial charge in [0.15, 0.2) is 5.58 Å². The molecule has 5 nitrogen and oxygen atoms in total. The highest BCUT2D eigenvalue weighted by Gasteiger charge is 2.41. The van der Waals surface area contributed by atoms with E-state index in [1.165, 1.54) is 0 Å². The number of nitrogens with one attached hydrogen (secondary N) is 1. The van der Waals surface area contributed by atoms with E-state index in [0.717, 1.165) is 18.4 Å². The van der Waals surface area contributed by atoms with Gasteiger partial charge >= 0.3 is 0 Å². The number of hydrogen-bond donors (Lipinski definition) is 3. The first-order chi connectivity index (χ1) is 8.21. The Morgan fingerprint density at radius 3 is 3.00 bits per heavy atom. The summed E-state index contributed by atoms with van der Waals surface area (Å²) in [4.78, 5) is 4.30. The zero-order valence-corrected chi connectivity index (χ0v) is 9.44. The Morgan fingerprint density at radius 2 is 2.29 bits per heavy atom.